The van der Waals surface area contributed by atoms with E-state index in [0.29, 0.717) is 0 Å². The van der Waals surface area contributed by atoms with E-state index in [1.54, 1.807) is 14.2 Å². The first-order valence-corrected chi connectivity index (χ1v) is 8.31. The van der Waals surface area contributed by atoms with Crippen molar-refractivity contribution in [3.05, 3.63) is 53.2 Å². The fraction of sp³-hybridized carbons (Fsp3) is 0.286. The average Bonchev–Trinajstić information content (AvgIpc) is 2.59. The third-order valence-corrected chi connectivity index (χ3v) is 5.04. The van der Waals surface area contributed by atoms with Crippen molar-refractivity contribution >= 4 is 10.8 Å². The highest BCUT2D eigenvalue weighted by molar-refractivity contribution is 5.90. The molecule has 0 atom stereocenters. The van der Waals surface area contributed by atoms with Gasteiger partial charge in [0.05, 0.1) is 25.2 Å². The minimum Gasteiger partial charge on any atom is -0.496 e. The van der Waals surface area contributed by atoms with Gasteiger partial charge in [0.2, 0.25) is 5.69 Å². The van der Waals surface area contributed by atoms with Crippen molar-refractivity contribution in [3.8, 4) is 22.8 Å². The van der Waals surface area contributed by atoms with E-state index in [1.165, 1.54) is 38.7 Å². The summed E-state index contributed by atoms with van der Waals surface area (Å²) in [6.07, 6.45) is 3.27. The summed E-state index contributed by atoms with van der Waals surface area (Å²) in [5.41, 5.74) is 6.27. The summed E-state index contributed by atoms with van der Waals surface area (Å²) >= 11 is 0. The molecular weight excluding hydrogens is 298 g/mol. The van der Waals surface area contributed by atoms with E-state index in [4.69, 9.17) is 9.47 Å². The molecule has 2 aromatic carbocycles. The van der Waals surface area contributed by atoms with Gasteiger partial charge >= 0.3 is 0 Å². The Bertz CT molecular complexity index is 960. The molecule has 24 heavy (non-hydrogen) atoms. The van der Waals surface area contributed by atoms with Crippen molar-refractivity contribution in [3.63, 3.8) is 0 Å². The van der Waals surface area contributed by atoms with Crippen molar-refractivity contribution in [2.24, 2.45) is 0 Å². The lowest BCUT2D eigenvalue weighted by Gasteiger charge is -2.18. The predicted molar refractivity (Wildman–Crippen MR) is 95.9 cm³/mol. The topological polar surface area (TPSA) is 22.3 Å². The van der Waals surface area contributed by atoms with Gasteiger partial charge in [-0.05, 0) is 42.0 Å². The molecule has 0 N–H and O–H groups in total. The Morgan fingerprint density at radius 3 is 2.54 bits per heavy atom. The van der Waals surface area contributed by atoms with E-state index in [0.717, 1.165) is 24.5 Å². The van der Waals surface area contributed by atoms with Crippen molar-refractivity contribution < 1.29 is 14.0 Å². The number of rotatable bonds is 2. The van der Waals surface area contributed by atoms with Crippen LogP contribution in [0.3, 0.4) is 0 Å². The number of fused-ring (bicyclic) bond motifs is 4. The highest BCUT2D eigenvalue weighted by atomic mass is 16.5. The van der Waals surface area contributed by atoms with Gasteiger partial charge in [0.15, 0.2) is 12.7 Å². The average molecular weight is 320 g/mol. The summed E-state index contributed by atoms with van der Waals surface area (Å²) < 4.78 is 13.5. The van der Waals surface area contributed by atoms with Gasteiger partial charge in [-0.1, -0.05) is 18.2 Å². The lowest BCUT2D eigenvalue weighted by Crippen LogP contribution is -2.40. The quantitative estimate of drug-likeness (QED) is 0.666. The SMILES string of the molecule is COc1cc2c(cc1C)CC[n+]1cc3c(OC)c(C)ccc3cc1-2. The highest BCUT2D eigenvalue weighted by Crippen LogP contribution is 2.35. The monoisotopic (exact) mass is 320 g/mol. The first-order chi connectivity index (χ1) is 11.6. The number of hydrogen-bond donors (Lipinski definition) is 0. The van der Waals surface area contributed by atoms with E-state index in [-0.39, 0.29) is 0 Å². The number of aromatic nitrogens is 1. The molecule has 0 saturated carbocycles. The minimum absolute atomic E-state index is 0.948. The van der Waals surface area contributed by atoms with Crippen LogP contribution in [0.2, 0.25) is 0 Å². The van der Waals surface area contributed by atoms with Crippen molar-refractivity contribution in [1.29, 1.82) is 0 Å². The van der Waals surface area contributed by atoms with Crippen molar-refractivity contribution in [2.45, 2.75) is 26.8 Å². The standard InChI is InChI=1S/C21H22NO2/c1-13-5-6-15-10-19-17-11-20(23-3)14(2)9-16(17)7-8-22(19)12-18(15)21(13)24-4/h5-6,9-12H,7-8H2,1-4H3/q+1. The summed E-state index contributed by atoms with van der Waals surface area (Å²) in [6.45, 7) is 5.18. The first kappa shape index (κ1) is 15.0. The summed E-state index contributed by atoms with van der Waals surface area (Å²) in [5, 5.41) is 2.37. The fourth-order valence-corrected chi connectivity index (χ4v) is 3.78. The molecule has 1 aliphatic heterocycles. The van der Waals surface area contributed by atoms with Crippen LogP contribution in [0.25, 0.3) is 22.0 Å². The molecule has 0 amide bonds. The molecule has 3 aromatic rings. The summed E-state index contributed by atoms with van der Waals surface area (Å²) in [6, 6.07) is 11.0. The Labute approximate surface area is 142 Å². The van der Waals surface area contributed by atoms with Crippen LogP contribution in [0.5, 0.6) is 11.5 Å². The van der Waals surface area contributed by atoms with Crippen molar-refractivity contribution in [2.75, 3.05) is 14.2 Å². The van der Waals surface area contributed by atoms with E-state index >= 15 is 0 Å². The second-order valence-electron chi connectivity index (χ2n) is 6.50. The first-order valence-electron chi connectivity index (χ1n) is 8.31. The van der Waals surface area contributed by atoms with E-state index < -0.39 is 0 Å². The van der Waals surface area contributed by atoms with Crippen LogP contribution in [0.4, 0.5) is 0 Å². The van der Waals surface area contributed by atoms with E-state index in [2.05, 4.69) is 54.9 Å². The Hall–Kier alpha value is -2.55. The summed E-state index contributed by atoms with van der Waals surface area (Å²) in [5.74, 6) is 1.92. The molecule has 1 aromatic heterocycles. The molecule has 0 saturated heterocycles. The smallest absolute Gasteiger partial charge is 0.213 e. The third-order valence-electron chi connectivity index (χ3n) is 5.04. The second kappa shape index (κ2) is 5.52. The van der Waals surface area contributed by atoms with Gasteiger partial charge in [-0.25, -0.2) is 0 Å². The van der Waals surface area contributed by atoms with Crippen LogP contribution in [0, 0.1) is 13.8 Å². The van der Waals surface area contributed by atoms with Gasteiger partial charge in [-0.15, -0.1) is 0 Å². The molecule has 0 spiro atoms. The Morgan fingerprint density at radius 1 is 0.958 bits per heavy atom. The Morgan fingerprint density at radius 2 is 1.79 bits per heavy atom. The number of ether oxygens (including phenoxy) is 2. The second-order valence-corrected chi connectivity index (χ2v) is 6.50. The van der Waals surface area contributed by atoms with Gasteiger partial charge in [-0.2, -0.15) is 4.57 Å². The van der Waals surface area contributed by atoms with Crippen LogP contribution in [0.15, 0.2) is 36.5 Å². The van der Waals surface area contributed by atoms with Gasteiger partial charge in [0.1, 0.15) is 11.5 Å². The zero-order valence-corrected chi connectivity index (χ0v) is 14.6. The Balaban J connectivity index is 2.00. The zero-order chi connectivity index (χ0) is 16.8. The normalized spacial score (nSPS) is 12.7. The molecule has 3 nitrogen and oxygen atoms in total. The lowest BCUT2D eigenvalue weighted by molar-refractivity contribution is -0.686. The van der Waals surface area contributed by atoms with E-state index in [1.807, 2.05) is 0 Å². The molecular formula is C21H22NO2+. The Kier molecular flexibility index (Phi) is 3.45. The minimum atomic E-state index is 0.948. The molecule has 0 bridgehead atoms. The maximum absolute atomic E-state index is 5.64. The van der Waals surface area contributed by atoms with Crippen LogP contribution in [-0.2, 0) is 13.0 Å². The van der Waals surface area contributed by atoms with Crippen LogP contribution in [-0.4, -0.2) is 14.2 Å². The van der Waals surface area contributed by atoms with Crippen LogP contribution < -0.4 is 14.0 Å². The predicted octanol–water partition coefficient (Wildman–Crippen LogP) is 3.98. The molecule has 0 unspecified atom stereocenters. The number of pyridine rings is 1. The number of methoxy groups -OCH3 is 2. The molecule has 2 heterocycles. The van der Waals surface area contributed by atoms with Gasteiger partial charge in [0.25, 0.3) is 0 Å². The maximum atomic E-state index is 5.64. The fourth-order valence-electron chi connectivity index (χ4n) is 3.78. The largest absolute Gasteiger partial charge is 0.496 e. The van der Waals surface area contributed by atoms with Gasteiger partial charge < -0.3 is 9.47 Å². The molecule has 1 aliphatic rings. The van der Waals surface area contributed by atoms with Crippen molar-refractivity contribution in [1.82, 2.24) is 0 Å². The zero-order valence-electron chi connectivity index (χ0n) is 14.6. The molecule has 3 heteroatoms. The highest BCUT2D eigenvalue weighted by Gasteiger charge is 2.25. The molecule has 0 aliphatic carbocycles. The molecule has 0 fully saturated rings. The number of hydrogen-bond acceptors (Lipinski definition) is 2. The number of nitrogens with zero attached hydrogens (tertiary/aromatic N) is 1. The van der Waals surface area contributed by atoms with E-state index in [9.17, 15) is 0 Å². The third kappa shape index (κ3) is 2.15. The summed E-state index contributed by atoms with van der Waals surface area (Å²) in [4.78, 5) is 0. The van der Waals surface area contributed by atoms with Crippen LogP contribution in [0.1, 0.15) is 16.7 Å². The maximum Gasteiger partial charge on any atom is 0.213 e. The molecule has 4 rings (SSSR count). The van der Waals surface area contributed by atoms with Crippen LogP contribution >= 0.6 is 0 Å². The lowest BCUT2D eigenvalue weighted by atomic mass is 9.93. The number of aryl methyl sites for hydroxylation is 4. The van der Waals surface area contributed by atoms with Gasteiger partial charge in [0, 0.05) is 12.5 Å². The molecule has 122 valence electrons. The summed E-state index contributed by atoms with van der Waals surface area (Å²) in [7, 11) is 3.48. The molecule has 0 radical (unpaired) electrons. The number of benzene rings is 2. The van der Waals surface area contributed by atoms with Gasteiger partial charge in [-0.3, -0.25) is 0 Å².